The van der Waals surface area contributed by atoms with Crippen molar-refractivity contribution in [2.75, 3.05) is 5.75 Å². The topological polar surface area (TPSA) is 72.2 Å². The molecule has 1 aliphatic rings. The number of rotatable bonds is 3. The van der Waals surface area contributed by atoms with Gasteiger partial charge in [-0.2, -0.15) is 0 Å². The van der Waals surface area contributed by atoms with Crippen molar-refractivity contribution in [2.24, 2.45) is 0 Å². The van der Waals surface area contributed by atoms with E-state index in [1.807, 2.05) is 13.8 Å². The molecule has 92 valence electrons. The van der Waals surface area contributed by atoms with Crippen molar-refractivity contribution in [3.05, 3.63) is 21.6 Å². The number of carbonyl (C=O) groups is 1. The summed E-state index contributed by atoms with van der Waals surface area (Å²) in [7, 11) is 0. The van der Waals surface area contributed by atoms with Crippen molar-refractivity contribution < 1.29 is 9.90 Å². The average molecular weight is 254 g/mol. The van der Waals surface area contributed by atoms with E-state index in [0.717, 1.165) is 5.69 Å². The summed E-state index contributed by atoms with van der Waals surface area (Å²) in [5.41, 5.74) is 1.37. The Kier molecular flexibility index (Phi) is 3.24. The highest BCUT2D eigenvalue weighted by atomic mass is 32.2. The third kappa shape index (κ3) is 2.09. The molecule has 17 heavy (non-hydrogen) atoms. The van der Waals surface area contributed by atoms with Crippen molar-refractivity contribution in [2.45, 2.75) is 37.9 Å². The quantitative estimate of drug-likeness (QED) is 0.821. The number of carboxylic acids is 1. The maximum atomic E-state index is 12.2. The Morgan fingerprint density at radius 1 is 1.65 bits per heavy atom. The summed E-state index contributed by atoms with van der Waals surface area (Å²) in [6, 6.07) is -0.265. The van der Waals surface area contributed by atoms with Crippen LogP contribution in [0.3, 0.4) is 0 Å². The standard InChI is InChI=1S/C11H14N2O3S/c1-3-8-6(2)12-11-13(10(8)16)7(5-17-11)4-9(14)15/h7H,3-5H2,1-2H3,(H,14,15)/t7-/m1/s1. The number of fused-ring (bicyclic) bond motifs is 1. The minimum absolute atomic E-state index is 0.0200. The van der Waals surface area contributed by atoms with Gasteiger partial charge in [0.2, 0.25) is 0 Å². The number of carboxylic acid groups (broad SMARTS) is 1. The Morgan fingerprint density at radius 2 is 2.35 bits per heavy atom. The third-order valence-electron chi connectivity index (χ3n) is 2.92. The normalized spacial score (nSPS) is 18.1. The molecule has 0 spiro atoms. The van der Waals surface area contributed by atoms with E-state index in [4.69, 9.17) is 5.11 Å². The SMILES string of the molecule is CCc1c(C)nc2n(c1=O)[C@H](CC(=O)O)CS2. The van der Waals surface area contributed by atoms with Gasteiger partial charge in [-0.05, 0) is 13.3 Å². The first-order chi connectivity index (χ1) is 8.04. The lowest BCUT2D eigenvalue weighted by atomic mass is 10.1. The first kappa shape index (κ1) is 12.2. The van der Waals surface area contributed by atoms with Crippen LogP contribution in [0.1, 0.15) is 30.6 Å². The van der Waals surface area contributed by atoms with Gasteiger partial charge in [-0.3, -0.25) is 14.2 Å². The molecular weight excluding hydrogens is 240 g/mol. The van der Waals surface area contributed by atoms with Crippen LogP contribution in [0.5, 0.6) is 0 Å². The third-order valence-corrected chi connectivity index (χ3v) is 4.01. The summed E-state index contributed by atoms with van der Waals surface area (Å²) in [6.07, 6.45) is 0.607. The largest absolute Gasteiger partial charge is 0.481 e. The Hall–Kier alpha value is -1.30. The van der Waals surface area contributed by atoms with Crippen LogP contribution in [0.15, 0.2) is 9.95 Å². The molecule has 1 aromatic heterocycles. The molecule has 0 bridgehead atoms. The Balaban J connectivity index is 2.51. The summed E-state index contributed by atoms with van der Waals surface area (Å²) in [5.74, 6) is -0.268. The van der Waals surface area contributed by atoms with E-state index in [1.54, 1.807) is 4.57 Å². The van der Waals surface area contributed by atoms with Crippen LogP contribution in [0.25, 0.3) is 0 Å². The van der Waals surface area contributed by atoms with Gasteiger partial charge in [0, 0.05) is 17.0 Å². The molecule has 0 unspecified atom stereocenters. The van der Waals surface area contributed by atoms with Crippen LogP contribution in [0.2, 0.25) is 0 Å². The zero-order valence-corrected chi connectivity index (χ0v) is 10.6. The summed E-state index contributed by atoms with van der Waals surface area (Å²) in [4.78, 5) is 27.3. The Labute approximate surface area is 103 Å². The van der Waals surface area contributed by atoms with Crippen molar-refractivity contribution in [1.29, 1.82) is 0 Å². The first-order valence-electron chi connectivity index (χ1n) is 5.51. The highest BCUT2D eigenvalue weighted by Gasteiger charge is 2.28. The van der Waals surface area contributed by atoms with Crippen LogP contribution < -0.4 is 5.56 Å². The second kappa shape index (κ2) is 4.52. The van der Waals surface area contributed by atoms with Crippen molar-refractivity contribution in [3.63, 3.8) is 0 Å². The Morgan fingerprint density at radius 3 is 2.94 bits per heavy atom. The fraction of sp³-hybridized carbons (Fsp3) is 0.545. The lowest BCUT2D eigenvalue weighted by molar-refractivity contribution is -0.137. The molecule has 1 atom stereocenters. The molecule has 5 nitrogen and oxygen atoms in total. The number of aromatic nitrogens is 2. The molecule has 6 heteroatoms. The molecule has 0 saturated heterocycles. The van der Waals surface area contributed by atoms with Crippen LogP contribution in [-0.4, -0.2) is 26.4 Å². The number of aryl methyl sites for hydroxylation is 1. The number of aliphatic carboxylic acids is 1. The molecule has 0 saturated carbocycles. The summed E-state index contributed by atoms with van der Waals surface area (Å²) in [6.45, 7) is 3.73. The lowest BCUT2D eigenvalue weighted by Gasteiger charge is -2.13. The predicted octanol–water partition coefficient (Wildman–Crippen LogP) is 1.24. The number of thioether (sulfide) groups is 1. The zero-order chi connectivity index (χ0) is 12.6. The van der Waals surface area contributed by atoms with Crippen LogP contribution in [0, 0.1) is 6.92 Å². The summed E-state index contributed by atoms with van der Waals surface area (Å²) < 4.78 is 1.55. The molecule has 0 aliphatic carbocycles. The molecule has 1 aliphatic heterocycles. The second-order valence-electron chi connectivity index (χ2n) is 4.05. The predicted molar refractivity (Wildman–Crippen MR) is 64.6 cm³/mol. The highest BCUT2D eigenvalue weighted by Crippen LogP contribution is 2.32. The summed E-state index contributed by atoms with van der Waals surface area (Å²) in [5, 5.41) is 9.48. The van der Waals surface area contributed by atoms with E-state index in [0.29, 0.717) is 22.9 Å². The van der Waals surface area contributed by atoms with Gasteiger partial charge in [-0.15, -0.1) is 0 Å². The van der Waals surface area contributed by atoms with E-state index in [1.165, 1.54) is 11.8 Å². The van der Waals surface area contributed by atoms with Gasteiger partial charge in [0.1, 0.15) is 0 Å². The molecule has 1 aromatic rings. The fourth-order valence-corrected chi connectivity index (χ4v) is 3.26. The first-order valence-corrected chi connectivity index (χ1v) is 6.49. The molecule has 0 radical (unpaired) electrons. The molecule has 2 rings (SSSR count). The van der Waals surface area contributed by atoms with Gasteiger partial charge in [0.05, 0.1) is 12.5 Å². The average Bonchev–Trinajstić information content (AvgIpc) is 2.61. The maximum absolute atomic E-state index is 12.2. The van der Waals surface area contributed by atoms with Gasteiger partial charge in [0.25, 0.3) is 5.56 Å². The minimum atomic E-state index is -0.881. The van der Waals surface area contributed by atoms with E-state index in [2.05, 4.69) is 4.98 Å². The van der Waals surface area contributed by atoms with Crippen molar-refractivity contribution >= 4 is 17.7 Å². The minimum Gasteiger partial charge on any atom is -0.481 e. The highest BCUT2D eigenvalue weighted by molar-refractivity contribution is 7.99. The molecular formula is C11H14N2O3S. The molecule has 0 fully saturated rings. The van der Waals surface area contributed by atoms with E-state index < -0.39 is 5.97 Å². The monoisotopic (exact) mass is 254 g/mol. The van der Waals surface area contributed by atoms with E-state index in [9.17, 15) is 9.59 Å². The van der Waals surface area contributed by atoms with Crippen molar-refractivity contribution in [3.8, 4) is 0 Å². The number of nitrogens with zero attached hydrogens (tertiary/aromatic N) is 2. The van der Waals surface area contributed by atoms with Crippen LogP contribution in [-0.2, 0) is 11.2 Å². The van der Waals surface area contributed by atoms with Gasteiger partial charge >= 0.3 is 5.97 Å². The van der Waals surface area contributed by atoms with Gasteiger partial charge in [-0.1, -0.05) is 18.7 Å². The van der Waals surface area contributed by atoms with Gasteiger partial charge < -0.3 is 5.11 Å². The van der Waals surface area contributed by atoms with E-state index in [-0.39, 0.29) is 18.0 Å². The smallest absolute Gasteiger partial charge is 0.305 e. The number of hydrogen-bond acceptors (Lipinski definition) is 4. The molecule has 2 heterocycles. The lowest BCUT2D eigenvalue weighted by Crippen LogP contribution is -2.29. The Bertz CT molecular complexity index is 524. The van der Waals surface area contributed by atoms with E-state index >= 15 is 0 Å². The molecule has 1 N–H and O–H groups in total. The van der Waals surface area contributed by atoms with Crippen molar-refractivity contribution in [1.82, 2.24) is 9.55 Å². The van der Waals surface area contributed by atoms with Crippen LogP contribution >= 0.6 is 11.8 Å². The second-order valence-corrected chi connectivity index (χ2v) is 5.04. The van der Waals surface area contributed by atoms with Crippen LogP contribution in [0.4, 0.5) is 0 Å². The zero-order valence-electron chi connectivity index (χ0n) is 9.77. The maximum Gasteiger partial charge on any atom is 0.305 e. The van der Waals surface area contributed by atoms with Gasteiger partial charge in [-0.25, -0.2) is 4.98 Å². The fourth-order valence-electron chi connectivity index (χ4n) is 2.08. The van der Waals surface area contributed by atoms with Gasteiger partial charge in [0.15, 0.2) is 5.16 Å². The molecule has 0 amide bonds. The summed E-state index contributed by atoms with van der Waals surface area (Å²) >= 11 is 1.45. The molecule has 0 aromatic carbocycles. The number of hydrogen-bond donors (Lipinski definition) is 1.